The summed E-state index contributed by atoms with van der Waals surface area (Å²) in [5.41, 5.74) is 6.12. The molecule has 2 heterocycles. The average Bonchev–Trinajstić information content (AvgIpc) is 2.99. The van der Waals surface area contributed by atoms with Gasteiger partial charge in [-0.05, 0) is 18.1 Å². The zero-order valence-corrected chi connectivity index (χ0v) is 15.7. The maximum atomic E-state index is 4.27. The van der Waals surface area contributed by atoms with Crippen molar-refractivity contribution in [3.63, 3.8) is 0 Å². The molecule has 0 spiro atoms. The molecule has 2 aromatic carbocycles. The number of thioether (sulfide) groups is 2. The van der Waals surface area contributed by atoms with Gasteiger partial charge in [-0.1, -0.05) is 85.6 Å². The van der Waals surface area contributed by atoms with Crippen molar-refractivity contribution in [1.82, 2.24) is 0 Å². The van der Waals surface area contributed by atoms with E-state index in [4.69, 9.17) is 0 Å². The lowest BCUT2D eigenvalue weighted by molar-refractivity contribution is 0.942. The van der Waals surface area contributed by atoms with Crippen molar-refractivity contribution in [3.8, 4) is 0 Å². The third kappa shape index (κ3) is 2.99. The highest BCUT2D eigenvalue weighted by Crippen LogP contribution is 2.58. The fourth-order valence-electron chi connectivity index (χ4n) is 3.01. The standard InChI is InChI=1S/C22H19NS2/c1-4-14(2)13-20-15(3)24-22(25-20)21-16-9-5-7-11-18(16)23-19-12-8-6-10-17(19)21/h4-14,23H,1,3H2,2H3/b20-13+. The number of hydrogen-bond donors (Lipinski definition) is 1. The van der Waals surface area contributed by atoms with Gasteiger partial charge in [0.1, 0.15) is 0 Å². The lowest BCUT2D eigenvalue weighted by Crippen LogP contribution is -2.06. The highest BCUT2D eigenvalue weighted by atomic mass is 32.2. The lowest BCUT2D eigenvalue weighted by atomic mass is 9.93. The summed E-state index contributed by atoms with van der Waals surface area (Å²) >= 11 is 3.60. The van der Waals surface area contributed by atoms with Crippen LogP contribution in [0.4, 0.5) is 11.4 Å². The van der Waals surface area contributed by atoms with E-state index >= 15 is 0 Å². The largest absolute Gasteiger partial charge is 0.355 e. The van der Waals surface area contributed by atoms with E-state index in [-0.39, 0.29) is 0 Å². The number of allylic oxidation sites excluding steroid dienone is 2. The van der Waals surface area contributed by atoms with Gasteiger partial charge < -0.3 is 5.32 Å². The van der Waals surface area contributed by atoms with Crippen molar-refractivity contribution >= 4 is 40.5 Å². The summed E-state index contributed by atoms with van der Waals surface area (Å²) in [5, 5.41) is 3.55. The van der Waals surface area contributed by atoms with Crippen molar-refractivity contribution in [2.45, 2.75) is 6.92 Å². The van der Waals surface area contributed by atoms with Crippen molar-refractivity contribution in [2.24, 2.45) is 5.92 Å². The molecule has 0 radical (unpaired) electrons. The quantitative estimate of drug-likeness (QED) is 0.486. The number of para-hydroxylation sites is 2. The van der Waals surface area contributed by atoms with Crippen molar-refractivity contribution < 1.29 is 0 Å². The van der Waals surface area contributed by atoms with E-state index in [1.54, 1.807) is 11.8 Å². The SMILES string of the molecule is C=CC(C)/C=C1/SC(=C2c3ccccc3Nc3ccccc32)SC1=C. The number of fused-ring (bicyclic) bond motifs is 2. The number of hydrogen-bond acceptors (Lipinski definition) is 3. The zero-order chi connectivity index (χ0) is 17.4. The Bertz CT molecular complexity index is 889. The van der Waals surface area contributed by atoms with Gasteiger partial charge in [0.15, 0.2) is 0 Å². The molecule has 4 rings (SSSR count). The van der Waals surface area contributed by atoms with Crippen LogP contribution in [0.3, 0.4) is 0 Å². The molecule has 0 aromatic heterocycles. The Labute approximate surface area is 157 Å². The van der Waals surface area contributed by atoms with Crippen LogP contribution in [-0.2, 0) is 0 Å². The number of anilines is 2. The Morgan fingerprint density at radius 3 is 2.16 bits per heavy atom. The van der Waals surface area contributed by atoms with E-state index in [2.05, 4.69) is 80.0 Å². The van der Waals surface area contributed by atoms with Crippen molar-refractivity contribution in [2.75, 3.05) is 5.32 Å². The van der Waals surface area contributed by atoms with Crippen LogP contribution in [0.25, 0.3) is 5.57 Å². The van der Waals surface area contributed by atoms with Crippen LogP contribution in [0.5, 0.6) is 0 Å². The Morgan fingerprint density at radius 2 is 1.56 bits per heavy atom. The number of benzene rings is 2. The molecule has 1 N–H and O–H groups in total. The Hall–Kier alpha value is -2.10. The highest BCUT2D eigenvalue weighted by molar-refractivity contribution is 8.30. The molecule has 0 saturated carbocycles. The molecule has 1 unspecified atom stereocenters. The average molecular weight is 362 g/mol. The fraction of sp³-hybridized carbons (Fsp3) is 0.0909. The molecule has 2 aliphatic rings. The summed E-state index contributed by atoms with van der Waals surface area (Å²) in [7, 11) is 0. The minimum absolute atomic E-state index is 0.344. The second kappa shape index (κ2) is 6.66. The Kier molecular flexibility index (Phi) is 4.36. The monoisotopic (exact) mass is 361 g/mol. The lowest BCUT2D eigenvalue weighted by Gasteiger charge is -2.25. The fourth-order valence-corrected chi connectivity index (χ4v) is 5.63. The maximum Gasteiger partial charge on any atom is 0.0585 e. The van der Waals surface area contributed by atoms with Crippen LogP contribution in [0, 0.1) is 5.92 Å². The van der Waals surface area contributed by atoms with E-state index in [0.29, 0.717) is 5.92 Å². The minimum atomic E-state index is 0.344. The predicted molar refractivity (Wildman–Crippen MR) is 114 cm³/mol. The van der Waals surface area contributed by atoms with Gasteiger partial charge in [0.25, 0.3) is 0 Å². The summed E-state index contributed by atoms with van der Waals surface area (Å²) in [6.45, 7) is 10.3. The molecular formula is C22H19NS2. The van der Waals surface area contributed by atoms with Crippen LogP contribution in [0.15, 0.2) is 87.9 Å². The van der Waals surface area contributed by atoms with Crippen molar-refractivity contribution in [3.05, 3.63) is 99.0 Å². The molecule has 1 atom stereocenters. The molecule has 0 amide bonds. The van der Waals surface area contributed by atoms with Gasteiger partial charge in [-0.25, -0.2) is 0 Å². The Morgan fingerprint density at radius 1 is 0.960 bits per heavy atom. The van der Waals surface area contributed by atoms with E-state index in [1.807, 2.05) is 17.8 Å². The summed E-state index contributed by atoms with van der Waals surface area (Å²) in [5.74, 6) is 0.344. The first-order chi connectivity index (χ1) is 12.2. The molecule has 1 saturated heterocycles. The summed E-state index contributed by atoms with van der Waals surface area (Å²) in [6, 6.07) is 17.0. The minimum Gasteiger partial charge on any atom is -0.355 e. The second-order valence-electron chi connectivity index (χ2n) is 6.13. The van der Waals surface area contributed by atoms with Crippen LogP contribution in [0.1, 0.15) is 18.1 Å². The molecule has 0 bridgehead atoms. The van der Waals surface area contributed by atoms with Gasteiger partial charge in [0.05, 0.1) is 4.24 Å². The smallest absolute Gasteiger partial charge is 0.0585 e. The summed E-state index contributed by atoms with van der Waals surface area (Å²) in [6.07, 6.45) is 4.21. The molecule has 0 aliphatic carbocycles. The van der Waals surface area contributed by atoms with E-state index < -0.39 is 0 Å². The van der Waals surface area contributed by atoms with Crippen molar-refractivity contribution in [1.29, 1.82) is 0 Å². The highest BCUT2D eigenvalue weighted by Gasteiger charge is 2.28. The molecule has 2 aromatic rings. The first-order valence-corrected chi connectivity index (χ1v) is 9.90. The van der Waals surface area contributed by atoms with E-state index in [1.165, 1.54) is 25.8 Å². The van der Waals surface area contributed by atoms with Gasteiger partial charge in [-0.15, -0.1) is 6.58 Å². The molecular weight excluding hydrogens is 342 g/mol. The molecule has 1 fully saturated rings. The van der Waals surface area contributed by atoms with E-state index in [9.17, 15) is 0 Å². The molecule has 25 heavy (non-hydrogen) atoms. The van der Waals surface area contributed by atoms with Gasteiger partial charge >= 0.3 is 0 Å². The third-order valence-electron chi connectivity index (χ3n) is 4.35. The summed E-state index contributed by atoms with van der Waals surface area (Å²) in [4.78, 5) is 2.36. The first kappa shape index (κ1) is 16.4. The second-order valence-corrected chi connectivity index (χ2v) is 8.55. The first-order valence-electron chi connectivity index (χ1n) is 8.27. The molecule has 3 heteroatoms. The molecule has 2 aliphatic heterocycles. The zero-order valence-electron chi connectivity index (χ0n) is 14.1. The summed E-state index contributed by atoms with van der Waals surface area (Å²) < 4.78 is 1.30. The van der Waals surface area contributed by atoms with Crippen LogP contribution >= 0.6 is 23.5 Å². The third-order valence-corrected chi connectivity index (χ3v) is 6.82. The Balaban J connectivity index is 1.88. The topological polar surface area (TPSA) is 12.0 Å². The number of rotatable bonds is 2. The van der Waals surface area contributed by atoms with E-state index in [0.717, 1.165) is 16.3 Å². The van der Waals surface area contributed by atoms with Gasteiger partial charge in [0.2, 0.25) is 0 Å². The van der Waals surface area contributed by atoms with Gasteiger partial charge in [-0.3, -0.25) is 0 Å². The maximum absolute atomic E-state index is 4.27. The van der Waals surface area contributed by atoms with Gasteiger partial charge in [-0.2, -0.15) is 0 Å². The normalized spacial score (nSPS) is 18.6. The van der Waals surface area contributed by atoms with Crippen LogP contribution in [-0.4, -0.2) is 0 Å². The number of nitrogens with one attached hydrogen (secondary N) is 1. The van der Waals surface area contributed by atoms with Gasteiger partial charge in [0, 0.05) is 37.9 Å². The predicted octanol–water partition coefficient (Wildman–Crippen LogP) is 7.16. The van der Waals surface area contributed by atoms with Crippen LogP contribution in [0.2, 0.25) is 0 Å². The van der Waals surface area contributed by atoms with Crippen LogP contribution < -0.4 is 5.32 Å². The molecule has 1 nitrogen and oxygen atoms in total. The molecule has 124 valence electrons.